The summed E-state index contributed by atoms with van der Waals surface area (Å²) in [6.07, 6.45) is 14.6. The van der Waals surface area contributed by atoms with Gasteiger partial charge < -0.3 is 57.8 Å². The van der Waals surface area contributed by atoms with E-state index in [2.05, 4.69) is 166 Å². The van der Waals surface area contributed by atoms with E-state index in [0.717, 1.165) is 147 Å². The molecule has 112 heavy (non-hydrogen) atoms. The molecule has 0 aromatic rings. The van der Waals surface area contributed by atoms with Crippen LogP contribution in [0.3, 0.4) is 0 Å². The first kappa shape index (κ1) is 96.1. The lowest BCUT2D eigenvalue weighted by Crippen LogP contribution is -2.51. The summed E-state index contributed by atoms with van der Waals surface area (Å²) in [4.78, 5) is 49.6. The fourth-order valence-electron chi connectivity index (χ4n) is 19.0. The van der Waals surface area contributed by atoms with Gasteiger partial charge in [0, 0.05) is 331 Å². The van der Waals surface area contributed by atoms with Crippen LogP contribution in [0.4, 0.5) is 0 Å². The highest BCUT2D eigenvalue weighted by Gasteiger charge is 2.32. The topological polar surface area (TPSA) is 121 Å². The van der Waals surface area contributed by atoms with E-state index in [1.165, 1.54) is 287 Å². The lowest BCUT2D eigenvalue weighted by molar-refractivity contribution is -0.130. The van der Waals surface area contributed by atoms with Crippen molar-refractivity contribution in [3.05, 3.63) is 0 Å². The van der Waals surface area contributed by atoms with Gasteiger partial charge in [0.15, 0.2) is 0 Å². The molecule has 0 aliphatic carbocycles. The minimum Gasteiger partial charge on any atom is -0.381 e. The van der Waals surface area contributed by atoms with Crippen molar-refractivity contribution in [2.75, 3.05) is 321 Å². The van der Waals surface area contributed by atoms with Gasteiger partial charge in [-0.15, -0.1) is 0 Å². The predicted molar refractivity (Wildman–Crippen MR) is 464 cm³/mol. The van der Waals surface area contributed by atoms with Crippen LogP contribution in [0, 0.1) is 41.4 Å². The number of ether oxygens (including phenoxy) is 6. The number of likely N-dealkylation sites (tertiary alicyclic amines) is 2. The maximum absolute atomic E-state index is 11.3. The summed E-state index contributed by atoms with van der Waals surface area (Å²) in [6.45, 7) is 91.1. The fourth-order valence-corrected chi connectivity index (χ4v) is 19.0. The summed E-state index contributed by atoms with van der Waals surface area (Å²) in [5.41, 5.74) is 0. The average Bonchev–Trinajstić information content (AvgIpc) is 1.08. The molecule has 14 aliphatic heterocycles. The van der Waals surface area contributed by atoms with Crippen molar-refractivity contribution < 1.29 is 33.2 Å². The Bertz CT molecular complexity index is 2270. The molecular weight excluding hydrogens is 1400 g/mol. The van der Waals surface area contributed by atoms with Gasteiger partial charge in [0.25, 0.3) is 0 Å². The quantitative estimate of drug-likeness (QED) is 0.103. The van der Waals surface area contributed by atoms with Crippen molar-refractivity contribution in [1.82, 2.24) is 73.5 Å². The van der Waals surface area contributed by atoms with Crippen LogP contribution in [-0.2, 0) is 33.2 Å². The Kier molecular flexibility index (Phi) is 46.5. The molecule has 656 valence electrons. The van der Waals surface area contributed by atoms with Gasteiger partial charge in [0.05, 0.1) is 39.1 Å². The van der Waals surface area contributed by atoms with Crippen molar-refractivity contribution in [2.45, 2.75) is 217 Å². The third-order valence-electron chi connectivity index (χ3n) is 27.7. The number of carbonyl (C=O) groups is 1. The highest BCUT2D eigenvalue weighted by Crippen LogP contribution is 2.28. The van der Waals surface area contributed by atoms with Crippen LogP contribution in [0.2, 0.25) is 0 Å². The Morgan fingerprint density at radius 3 is 0.929 bits per heavy atom. The van der Waals surface area contributed by atoms with Gasteiger partial charge in [-0.05, 0) is 196 Å². The van der Waals surface area contributed by atoms with Crippen LogP contribution in [0.25, 0.3) is 0 Å². The van der Waals surface area contributed by atoms with E-state index in [4.69, 9.17) is 28.4 Å². The Morgan fingerprint density at radius 1 is 0.277 bits per heavy atom. The SMILES string of the molecule is CC(=O)N1CCC(CN2CCN(C(C)C)CC2)CC1.CC(C)C1CCN(CC2CCOCC2)C1.CC(C)N1CCN(CC2CCCCO2)CC1.CC(C)N1CCN(CC2CCOC2)CC1.CC(C)N1CCN(CC2CCOCC2)CC1.CC(C)N1CCN(CC2COC2)CC1.CC(C)N1CCN(CCN2CCOCC2)CC1. The zero-order valence-corrected chi connectivity index (χ0v) is 75.6. The smallest absolute Gasteiger partial charge is 0.219 e. The first-order chi connectivity index (χ1) is 54.1. The molecule has 22 nitrogen and oxygen atoms in total. The Morgan fingerprint density at radius 2 is 0.598 bits per heavy atom. The predicted octanol–water partition coefficient (Wildman–Crippen LogP) is 8.73. The molecule has 14 saturated heterocycles. The average molecular weight is 1580 g/mol. The van der Waals surface area contributed by atoms with E-state index in [1.54, 1.807) is 6.92 Å². The molecule has 0 radical (unpaired) electrons. The second kappa shape index (κ2) is 54.1. The van der Waals surface area contributed by atoms with E-state index in [9.17, 15) is 4.79 Å². The summed E-state index contributed by atoms with van der Waals surface area (Å²) in [5.74, 6) is 6.26. The zero-order valence-electron chi connectivity index (χ0n) is 75.6. The third-order valence-corrected chi connectivity index (χ3v) is 27.7. The van der Waals surface area contributed by atoms with Crippen molar-refractivity contribution in [1.29, 1.82) is 0 Å². The molecule has 22 heteroatoms. The van der Waals surface area contributed by atoms with E-state index >= 15 is 0 Å². The Hall–Kier alpha value is -1.33. The summed E-state index contributed by atoms with van der Waals surface area (Å²) < 4.78 is 32.6. The van der Waals surface area contributed by atoms with Crippen molar-refractivity contribution in [3.63, 3.8) is 0 Å². The van der Waals surface area contributed by atoms with E-state index in [0.29, 0.717) is 42.4 Å². The van der Waals surface area contributed by atoms with Crippen LogP contribution in [0.15, 0.2) is 0 Å². The van der Waals surface area contributed by atoms with Gasteiger partial charge in [-0.1, -0.05) is 13.8 Å². The van der Waals surface area contributed by atoms with Gasteiger partial charge >= 0.3 is 0 Å². The molecular formula is C90H179N15O7. The normalized spacial score (nSPS) is 27.4. The molecule has 14 aliphatic rings. The minimum atomic E-state index is 0.240. The number of carbonyl (C=O) groups excluding carboxylic acids is 1. The number of nitrogens with zero attached hydrogens (tertiary/aromatic N) is 15. The third kappa shape index (κ3) is 37.3. The number of hydrogen-bond donors (Lipinski definition) is 0. The fraction of sp³-hybridized carbons (Fsp3) is 0.989. The summed E-state index contributed by atoms with van der Waals surface area (Å²) in [6, 6.07) is 4.22. The first-order valence-electron chi connectivity index (χ1n) is 47.1. The van der Waals surface area contributed by atoms with Gasteiger partial charge in [0.2, 0.25) is 5.91 Å². The standard InChI is InChI=1S/C15H29N3O.C13H27N3O.2C13H26N2O.C13H25NO.C12H24N2O.C11H22N2O/c1-13(2)17-10-8-16(9-11-17)12-15-4-6-18(7-5-15)14(3)19;1-13(2)16-7-5-14(6-8-16)3-4-15-9-11-17-12-10-15;1-12(2)15-7-5-14(6-8-15)11-13-3-9-16-10-4-13;1-12(2)15-8-6-14(7-9-15)11-13-5-3-4-10-16-13;1-11(2)13-3-6-14(10-13)9-12-4-7-15-8-5-12;1-11(2)14-6-4-13(5-7-14)9-12-3-8-15-10-12;1-10(2)13-5-3-12(4-6-13)7-11-8-14-9-11/h13,15H,4-12H2,1-3H3;13H,3-12H2,1-2H3;2*12-13H,3-11H2,1-2H3;11-13H,3-10H2,1-2H3;11-12H,3-10H2,1-2H3;10-11H,3-9H2,1-2H3. The van der Waals surface area contributed by atoms with Gasteiger partial charge in [-0.3, -0.25) is 48.9 Å². The molecule has 3 atom stereocenters. The molecule has 14 fully saturated rings. The maximum Gasteiger partial charge on any atom is 0.219 e. The van der Waals surface area contributed by atoms with Gasteiger partial charge in [-0.2, -0.15) is 0 Å². The van der Waals surface area contributed by atoms with E-state index in [1.807, 2.05) is 4.90 Å². The molecule has 3 unspecified atom stereocenters. The Labute approximate surface area is 688 Å². The molecule has 14 rings (SSSR count). The molecule has 0 saturated carbocycles. The zero-order chi connectivity index (χ0) is 80.0. The van der Waals surface area contributed by atoms with E-state index < -0.39 is 0 Å². The number of hydrogen-bond acceptors (Lipinski definition) is 21. The second-order valence-electron chi connectivity index (χ2n) is 38.3. The van der Waals surface area contributed by atoms with Crippen LogP contribution in [0.1, 0.15) is 174 Å². The van der Waals surface area contributed by atoms with Crippen molar-refractivity contribution in [3.8, 4) is 0 Å². The maximum atomic E-state index is 11.3. The number of amides is 1. The highest BCUT2D eigenvalue weighted by molar-refractivity contribution is 5.73. The van der Waals surface area contributed by atoms with Crippen molar-refractivity contribution in [2.24, 2.45) is 41.4 Å². The lowest BCUT2D eigenvalue weighted by atomic mass is 9.95. The molecule has 1 amide bonds. The largest absolute Gasteiger partial charge is 0.381 e. The number of morpholine rings is 1. The van der Waals surface area contributed by atoms with Crippen LogP contribution in [-0.4, -0.2) is 443 Å². The first-order valence-corrected chi connectivity index (χ1v) is 47.1. The van der Waals surface area contributed by atoms with Crippen molar-refractivity contribution >= 4 is 5.91 Å². The van der Waals surface area contributed by atoms with Gasteiger partial charge in [0.1, 0.15) is 0 Å². The molecule has 0 bridgehead atoms. The Balaban J connectivity index is 0.000000164. The van der Waals surface area contributed by atoms with Gasteiger partial charge in [-0.25, -0.2) is 0 Å². The number of piperazine rings is 6. The molecule has 0 aromatic carbocycles. The summed E-state index contributed by atoms with van der Waals surface area (Å²) in [7, 11) is 0. The van der Waals surface area contributed by atoms with Crippen LogP contribution >= 0.6 is 0 Å². The molecule has 0 aromatic heterocycles. The monoisotopic (exact) mass is 1580 g/mol. The second-order valence-corrected chi connectivity index (χ2v) is 38.3. The molecule has 0 spiro atoms. The van der Waals surface area contributed by atoms with Crippen LogP contribution in [0.5, 0.6) is 0 Å². The van der Waals surface area contributed by atoms with Crippen LogP contribution < -0.4 is 0 Å². The van der Waals surface area contributed by atoms with E-state index in [-0.39, 0.29) is 5.91 Å². The molecule has 14 heterocycles. The molecule has 0 N–H and O–H groups in total. The number of rotatable bonds is 22. The highest BCUT2D eigenvalue weighted by atomic mass is 16.5. The lowest BCUT2D eigenvalue weighted by Gasteiger charge is -2.40. The summed E-state index contributed by atoms with van der Waals surface area (Å²) in [5, 5.41) is 0. The number of piperidine rings is 1. The summed E-state index contributed by atoms with van der Waals surface area (Å²) >= 11 is 0. The minimum absolute atomic E-state index is 0.240.